The van der Waals surface area contributed by atoms with E-state index in [1.807, 2.05) is 10.6 Å². The summed E-state index contributed by atoms with van der Waals surface area (Å²) in [6, 6.07) is 5.58. The summed E-state index contributed by atoms with van der Waals surface area (Å²) in [4.78, 5) is 27.2. The number of pyridine rings is 1. The third-order valence-corrected chi connectivity index (χ3v) is 9.01. The molecular formula is C23H29N3O3S2. The first-order valence-electron chi connectivity index (χ1n) is 11.3. The predicted octanol–water partition coefficient (Wildman–Crippen LogP) is 3.22. The number of piperidine rings is 1. The van der Waals surface area contributed by atoms with Gasteiger partial charge in [0.05, 0.1) is 17.7 Å². The average molecular weight is 460 g/mol. The van der Waals surface area contributed by atoms with Crippen molar-refractivity contribution in [2.24, 2.45) is 11.8 Å². The first-order chi connectivity index (χ1) is 15.0. The van der Waals surface area contributed by atoms with Crippen LogP contribution in [0.5, 0.6) is 0 Å². The SMILES string of the molecule is COC(=O)C1=C(NC(=S)N2C[C@H]3C[C@@H](C2)c2cccc(=O)n2C3)SC2CCCCCC12. The first-order valence-corrected chi connectivity index (χ1v) is 12.6. The number of nitrogens with zero attached hydrogens (tertiary/aromatic N) is 2. The Labute approximate surface area is 192 Å². The normalized spacial score (nSPS) is 29.6. The number of hydrogen-bond acceptors (Lipinski definition) is 5. The monoisotopic (exact) mass is 459 g/mol. The number of esters is 1. The number of rotatable bonds is 2. The number of aromatic nitrogens is 1. The zero-order valence-electron chi connectivity index (χ0n) is 17.8. The van der Waals surface area contributed by atoms with Gasteiger partial charge < -0.3 is 19.5 Å². The van der Waals surface area contributed by atoms with Gasteiger partial charge in [0, 0.05) is 48.5 Å². The zero-order chi connectivity index (χ0) is 21.5. The molecule has 5 rings (SSSR count). The molecule has 166 valence electrons. The molecule has 2 bridgehead atoms. The minimum Gasteiger partial charge on any atom is -0.466 e. The number of methoxy groups -OCH3 is 1. The molecule has 6 nitrogen and oxygen atoms in total. The summed E-state index contributed by atoms with van der Waals surface area (Å²) in [5, 5.41) is 5.45. The molecule has 4 heterocycles. The number of hydrogen-bond donors (Lipinski definition) is 1. The maximum absolute atomic E-state index is 12.7. The topological polar surface area (TPSA) is 63.6 Å². The van der Waals surface area contributed by atoms with Crippen molar-refractivity contribution in [3.05, 3.63) is 44.8 Å². The zero-order valence-corrected chi connectivity index (χ0v) is 19.5. The Kier molecular flexibility index (Phi) is 5.86. The second kappa shape index (κ2) is 8.62. The Morgan fingerprint density at radius 3 is 2.87 bits per heavy atom. The van der Waals surface area contributed by atoms with Gasteiger partial charge >= 0.3 is 5.97 Å². The highest BCUT2D eigenvalue weighted by molar-refractivity contribution is 8.04. The van der Waals surface area contributed by atoms with Crippen LogP contribution < -0.4 is 10.9 Å². The summed E-state index contributed by atoms with van der Waals surface area (Å²) >= 11 is 7.60. The molecule has 1 aromatic heterocycles. The van der Waals surface area contributed by atoms with Crippen LogP contribution >= 0.6 is 24.0 Å². The molecule has 8 heteroatoms. The molecule has 31 heavy (non-hydrogen) atoms. The van der Waals surface area contributed by atoms with E-state index in [4.69, 9.17) is 17.0 Å². The summed E-state index contributed by atoms with van der Waals surface area (Å²) in [7, 11) is 1.46. The van der Waals surface area contributed by atoms with Gasteiger partial charge in [-0.05, 0) is 43.5 Å². The average Bonchev–Trinajstić information content (AvgIpc) is 2.94. The van der Waals surface area contributed by atoms with E-state index in [0.29, 0.717) is 22.2 Å². The summed E-state index contributed by atoms with van der Waals surface area (Å²) in [5.74, 6) is 0.737. The van der Waals surface area contributed by atoms with Crippen molar-refractivity contribution < 1.29 is 9.53 Å². The van der Waals surface area contributed by atoms with E-state index >= 15 is 0 Å². The first kappa shape index (κ1) is 21.1. The Bertz CT molecular complexity index is 989. The van der Waals surface area contributed by atoms with Crippen molar-refractivity contribution in [1.82, 2.24) is 14.8 Å². The number of fused-ring (bicyclic) bond motifs is 5. The van der Waals surface area contributed by atoms with E-state index in [9.17, 15) is 9.59 Å². The molecule has 0 amide bonds. The number of carbonyl (C=O) groups excluding carboxylic acids is 1. The second-order valence-corrected chi connectivity index (χ2v) is 10.8. The molecule has 1 saturated carbocycles. The molecule has 2 unspecified atom stereocenters. The van der Waals surface area contributed by atoms with E-state index in [0.717, 1.165) is 61.6 Å². The van der Waals surface area contributed by atoms with Crippen LogP contribution in [-0.2, 0) is 16.1 Å². The maximum atomic E-state index is 12.7. The van der Waals surface area contributed by atoms with Crippen LogP contribution in [0.15, 0.2) is 33.6 Å². The summed E-state index contributed by atoms with van der Waals surface area (Å²) in [6.45, 7) is 2.38. The molecule has 0 radical (unpaired) electrons. The van der Waals surface area contributed by atoms with Crippen molar-refractivity contribution in [1.29, 1.82) is 0 Å². The molecule has 3 aliphatic heterocycles. The number of likely N-dealkylation sites (tertiary alicyclic amines) is 1. The minimum absolute atomic E-state index is 0.0927. The van der Waals surface area contributed by atoms with Crippen molar-refractivity contribution >= 4 is 35.1 Å². The Morgan fingerprint density at radius 1 is 1.19 bits per heavy atom. The van der Waals surface area contributed by atoms with Crippen LogP contribution in [0.25, 0.3) is 0 Å². The highest BCUT2D eigenvalue weighted by atomic mass is 32.2. The highest BCUT2D eigenvalue weighted by Crippen LogP contribution is 2.47. The number of thioether (sulfide) groups is 1. The smallest absolute Gasteiger partial charge is 0.336 e. The van der Waals surface area contributed by atoms with Gasteiger partial charge in [0.25, 0.3) is 5.56 Å². The van der Waals surface area contributed by atoms with Crippen molar-refractivity contribution in [3.8, 4) is 0 Å². The minimum atomic E-state index is -0.226. The predicted molar refractivity (Wildman–Crippen MR) is 126 cm³/mol. The van der Waals surface area contributed by atoms with Gasteiger partial charge in [-0.2, -0.15) is 0 Å². The summed E-state index contributed by atoms with van der Waals surface area (Å²) in [6.07, 6.45) is 6.89. The fraction of sp³-hybridized carbons (Fsp3) is 0.609. The molecule has 0 aromatic carbocycles. The highest BCUT2D eigenvalue weighted by Gasteiger charge is 2.41. The molecule has 2 fully saturated rings. The number of carbonyl (C=O) groups is 1. The summed E-state index contributed by atoms with van der Waals surface area (Å²) in [5.41, 5.74) is 1.99. The standard InChI is InChI=1S/C23H29N3O3S2/c1-29-22(28)20-16-6-3-2-4-8-18(16)31-21(20)24-23(30)25-11-14-10-15(13-25)17-7-5-9-19(27)26(17)12-14/h5,7,9,14-16,18H,2-4,6,8,10-13H2,1H3,(H,24,30)/t14-,15+,16?,18?/m1/s1. The van der Waals surface area contributed by atoms with Gasteiger partial charge in [0.15, 0.2) is 5.11 Å². The quantitative estimate of drug-likeness (QED) is 0.538. The number of nitrogens with one attached hydrogen (secondary N) is 1. The third-order valence-electron chi connectivity index (χ3n) is 7.23. The van der Waals surface area contributed by atoms with Gasteiger partial charge in [-0.1, -0.05) is 25.3 Å². The van der Waals surface area contributed by atoms with E-state index < -0.39 is 0 Å². The fourth-order valence-electron chi connectivity index (χ4n) is 5.82. The van der Waals surface area contributed by atoms with E-state index in [1.54, 1.807) is 17.8 Å². The van der Waals surface area contributed by atoms with E-state index in [-0.39, 0.29) is 17.4 Å². The third kappa shape index (κ3) is 3.93. The van der Waals surface area contributed by atoms with Gasteiger partial charge in [-0.25, -0.2) is 4.79 Å². The molecular weight excluding hydrogens is 430 g/mol. The van der Waals surface area contributed by atoms with E-state index in [2.05, 4.69) is 16.3 Å². The van der Waals surface area contributed by atoms with Crippen LogP contribution in [0, 0.1) is 11.8 Å². The molecule has 1 aliphatic carbocycles. The van der Waals surface area contributed by atoms with Crippen LogP contribution in [-0.4, -0.2) is 46.0 Å². The van der Waals surface area contributed by atoms with Gasteiger partial charge in [-0.3, -0.25) is 4.79 Å². The molecule has 4 atom stereocenters. The van der Waals surface area contributed by atoms with Crippen molar-refractivity contribution in [2.45, 2.75) is 56.2 Å². The van der Waals surface area contributed by atoms with Gasteiger partial charge in [0.1, 0.15) is 0 Å². The Hall–Kier alpha value is -1.80. The van der Waals surface area contributed by atoms with Crippen LogP contribution in [0.2, 0.25) is 0 Å². The molecule has 1 N–H and O–H groups in total. The van der Waals surface area contributed by atoms with Crippen LogP contribution in [0.3, 0.4) is 0 Å². The lowest BCUT2D eigenvalue weighted by Crippen LogP contribution is -2.51. The molecule has 1 saturated heterocycles. The molecule has 0 spiro atoms. The van der Waals surface area contributed by atoms with E-state index in [1.165, 1.54) is 20.0 Å². The fourth-order valence-corrected chi connectivity index (χ4v) is 7.67. The van der Waals surface area contributed by atoms with Crippen molar-refractivity contribution in [3.63, 3.8) is 0 Å². The largest absolute Gasteiger partial charge is 0.466 e. The molecule has 1 aromatic rings. The van der Waals surface area contributed by atoms with Crippen LogP contribution in [0.4, 0.5) is 0 Å². The lowest BCUT2D eigenvalue weighted by molar-refractivity contribution is -0.136. The number of ether oxygens (including phenoxy) is 1. The van der Waals surface area contributed by atoms with Crippen LogP contribution in [0.1, 0.15) is 50.1 Å². The Morgan fingerprint density at radius 2 is 2.03 bits per heavy atom. The Balaban J connectivity index is 1.35. The maximum Gasteiger partial charge on any atom is 0.336 e. The second-order valence-electron chi connectivity index (χ2n) is 9.17. The number of thiocarbonyl (C=S) groups is 1. The molecule has 4 aliphatic rings. The van der Waals surface area contributed by atoms with Gasteiger partial charge in [-0.15, -0.1) is 11.8 Å². The van der Waals surface area contributed by atoms with Gasteiger partial charge in [0.2, 0.25) is 0 Å². The summed E-state index contributed by atoms with van der Waals surface area (Å²) < 4.78 is 7.09. The lowest BCUT2D eigenvalue weighted by Gasteiger charge is -2.43. The lowest BCUT2D eigenvalue weighted by atomic mass is 9.83. The van der Waals surface area contributed by atoms with Crippen molar-refractivity contribution in [2.75, 3.05) is 20.2 Å².